The first-order valence-electron chi connectivity index (χ1n) is 12.4. The first kappa shape index (κ1) is 30.5. The Labute approximate surface area is 233 Å². The fraction of sp³-hybridized carbons (Fsp3) is 0.296. The lowest BCUT2D eigenvalue weighted by Crippen LogP contribution is -2.36. The van der Waals surface area contributed by atoms with Gasteiger partial charge in [-0.15, -0.1) is 0 Å². The van der Waals surface area contributed by atoms with Gasteiger partial charge in [-0.2, -0.15) is 40.2 Å². The van der Waals surface area contributed by atoms with Crippen LogP contribution in [0.3, 0.4) is 0 Å². The molecular weight excluding hydrogens is 578 g/mol. The number of para-hydroxylation sites is 1. The van der Waals surface area contributed by atoms with Gasteiger partial charge in [0.15, 0.2) is 5.69 Å². The third kappa shape index (κ3) is 6.24. The van der Waals surface area contributed by atoms with E-state index in [4.69, 9.17) is 0 Å². The van der Waals surface area contributed by atoms with Crippen LogP contribution in [0.4, 0.5) is 35.1 Å². The molecule has 4 aromatic rings. The molecule has 0 saturated heterocycles. The van der Waals surface area contributed by atoms with Crippen molar-refractivity contribution in [1.29, 1.82) is 0 Å². The van der Waals surface area contributed by atoms with E-state index < -0.39 is 41.3 Å². The zero-order chi connectivity index (χ0) is 30.9. The number of aromatic nitrogens is 4. The highest BCUT2D eigenvalue weighted by atomic mass is 19.4. The molecule has 0 fully saturated rings. The molecule has 15 heteroatoms. The van der Waals surface area contributed by atoms with Gasteiger partial charge in [0.2, 0.25) is 0 Å². The molecule has 2 aromatic carbocycles. The number of alkyl halides is 8. The number of hydrogen-bond donors (Lipinski definition) is 2. The predicted molar refractivity (Wildman–Crippen MR) is 134 cm³/mol. The summed E-state index contributed by atoms with van der Waals surface area (Å²) in [4.78, 5) is 16.2. The Kier molecular flexibility index (Phi) is 8.32. The number of carbonyl (C=O) groups is 1. The van der Waals surface area contributed by atoms with Crippen molar-refractivity contribution in [2.75, 3.05) is 6.54 Å². The van der Waals surface area contributed by atoms with E-state index in [1.54, 1.807) is 36.4 Å². The average molecular weight is 601 g/mol. The highest BCUT2D eigenvalue weighted by Crippen LogP contribution is 2.49. The quantitative estimate of drug-likeness (QED) is 0.172. The third-order valence-electron chi connectivity index (χ3n) is 6.33. The van der Waals surface area contributed by atoms with Gasteiger partial charge in [-0.25, -0.2) is 4.98 Å². The van der Waals surface area contributed by atoms with Crippen molar-refractivity contribution >= 4 is 5.91 Å². The number of carbonyl (C=O) groups excluding carboxylic acids is 1. The summed E-state index contributed by atoms with van der Waals surface area (Å²) >= 11 is 0. The van der Waals surface area contributed by atoms with Crippen LogP contribution in [0.25, 0.3) is 17.1 Å². The lowest BCUT2D eigenvalue weighted by molar-refractivity contribution is -0.292. The summed E-state index contributed by atoms with van der Waals surface area (Å²) in [6, 6.07) is 12.9. The molecule has 0 aliphatic rings. The number of halogens is 8. The summed E-state index contributed by atoms with van der Waals surface area (Å²) in [6.07, 6.45) is -8.11. The summed E-state index contributed by atoms with van der Waals surface area (Å²) in [5.41, 5.74) is -3.07. The number of aryl methyl sites for hydroxylation is 2. The topological polar surface area (TPSA) is 85.0 Å². The molecule has 2 aromatic heterocycles. The van der Waals surface area contributed by atoms with Gasteiger partial charge in [0.05, 0.1) is 11.3 Å². The van der Waals surface area contributed by atoms with Crippen molar-refractivity contribution in [3.05, 3.63) is 83.4 Å². The number of amides is 1. The summed E-state index contributed by atoms with van der Waals surface area (Å²) in [6.45, 7) is 0.346. The van der Waals surface area contributed by atoms with Crippen molar-refractivity contribution in [1.82, 2.24) is 24.6 Å². The van der Waals surface area contributed by atoms with Gasteiger partial charge in [-0.3, -0.25) is 14.0 Å². The first-order chi connectivity index (χ1) is 19.6. The largest absolute Gasteiger partial charge is 0.507 e. The maximum atomic E-state index is 14.0. The second-order valence-electron chi connectivity index (χ2n) is 9.34. The van der Waals surface area contributed by atoms with Gasteiger partial charge >= 0.3 is 18.3 Å². The number of nitrogens with one attached hydrogen (secondary N) is 1. The van der Waals surface area contributed by atoms with Crippen molar-refractivity contribution in [3.63, 3.8) is 0 Å². The van der Waals surface area contributed by atoms with E-state index in [1.165, 1.54) is 12.1 Å². The molecule has 0 spiro atoms. The Morgan fingerprint density at radius 3 is 2.36 bits per heavy atom. The molecule has 224 valence electrons. The molecule has 0 unspecified atom stereocenters. The van der Waals surface area contributed by atoms with Crippen molar-refractivity contribution in [2.24, 2.45) is 7.05 Å². The number of nitrogens with zero attached hydrogens (tertiary/aromatic N) is 4. The Balaban J connectivity index is 1.48. The molecular formula is C27H23F8N5O2. The van der Waals surface area contributed by atoms with Crippen LogP contribution in [-0.2, 0) is 25.6 Å². The second kappa shape index (κ2) is 11.4. The Bertz CT molecular complexity index is 1570. The highest BCUT2D eigenvalue weighted by Gasteiger charge is 2.64. The number of rotatable bonds is 9. The molecule has 2 N–H and O–H groups in total. The van der Waals surface area contributed by atoms with E-state index in [0.29, 0.717) is 40.6 Å². The summed E-state index contributed by atoms with van der Waals surface area (Å²) in [5.74, 6) is -7.45. The fourth-order valence-electron chi connectivity index (χ4n) is 4.32. The maximum Gasteiger partial charge on any atom is 0.459 e. The standard InChI is InChI=1S/C27H23F8N5O2/c1-39-24(21(26(30,31)32)22(38-39)25(28,29)27(33,34)35)40-14-19(37-15-40)17-9-6-8-16(13-17)7-4-5-12-36-23(42)18-10-2-3-11-20(18)41/h2-3,6,8-11,13-15,41H,4-5,7,12H2,1H3,(H,36,42). The first-order valence-corrected chi connectivity index (χ1v) is 12.4. The van der Waals surface area contributed by atoms with Gasteiger partial charge in [-0.1, -0.05) is 30.3 Å². The Morgan fingerprint density at radius 1 is 0.976 bits per heavy atom. The molecule has 42 heavy (non-hydrogen) atoms. The molecule has 0 aliphatic carbocycles. The lowest BCUT2D eigenvalue weighted by atomic mass is 10.0. The molecule has 7 nitrogen and oxygen atoms in total. The number of unbranched alkanes of at least 4 members (excludes halogenated alkanes) is 1. The van der Waals surface area contributed by atoms with Crippen molar-refractivity contribution < 1.29 is 45.0 Å². The van der Waals surface area contributed by atoms with E-state index >= 15 is 0 Å². The molecule has 0 aliphatic heterocycles. The number of phenolic OH excluding ortho intramolecular Hbond substituents is 1. The van der Waals surface area contributed by atoms with Gasteiger partial charge < -0.3 is 10.4 Å². The monoisotopic (exact) mass is 601 g/mol. The van der Waals surface area contributed by atoms with Crippen molar-refractivity contribution in [3.8, 4) is 22.8 Å². The predicted octanol–water partition coefficient (Wildman–Crippen LogP) is 6.40. The Hall–Kier alpha value is -4.43. The third-order valence-corrected chi connectivity index (χ3v) is 6.33. The number of hydrogen-bond acceptors (Lipinski definition) is 4. The molecule has 2 heterocycles. The van der Waals surface area contributed by atoms with Crippen molar-refractivity contribution in [2.45, 2.75) is 37.5 Å². The Morgan fingerprint density at radius 2 is 1.69 bits per heavy atom. The van der Waals surface area contributed by atoms with Crippen LogP contribution in [0.15, 0.2) is 61.1 Å². The average Bonchev–Trinajstić information content (AvgIpc) is 3.53. The van der Waals surface area contributed by atoms with Crippen LogP contribution >= 0.6 is 0 Å². The van der Waals surface area contributed by atoms with E-state index in [9.17, 15) is 45.0 Å². The number of imidazole rings is 1. The van der Waals surface area contributed by atoms with Gasteiger partial charge in [0.1, 0.15) is 23.5 Å². The molecule has 4 rings (SSSR count). The van der Waals surface area contributed by atoms with Crippen LogP contribution in [0.1, 0.15) is 40.0 Å². The van der Waals surface area contributed by atoms with E-state index in [-0.39, 0.29) is 17.0 Å². The summed E-state index contributed by atoms with van der Waals surface area (Å²) in [7, 11) is 0.825. The minimum Gasteiger partial charge on any atom is -0.507 e. The van der Waals surface area contributed by atoms with Crippen LogP contribution in [-0.4, -0.2) is 43.1 Å². The second-order valence-corrected chi connectivity index (χ2v) is 9.34. The van der Waals surface area contributed by atoms with Gasteiger partial charge in [0, 0.05) is 25.4 Å². The normalized spacial score (nSPS) is 12.5. The smallest absolute Gasteiger partial charge is 0.459 e. The minimum absolute atomic E-state index is 0.132. The maximum absolute atomic E-state index is 14.0. The van der Waals surface area contributed by atoms with Gasteiger partial charge in [0.25, 0.3) is 5.91 Å². The fourth-order valence-corrected chi connectivity index (χ4v) is 4.32. The SMILES string of the molecule is Cn1nc(C(F)(F)C(F)(F)F)c(C(F)(F)F)c1-n1cnc(-c2cccc(CCCCNC(=O)c3ccccc3O)c2)c1. The van der Waals surface area contributed by atoms with Crippen LogP contribution < -0.4 is 5.32 Å². The number of benzene rings is 2. The van der Waals surface area contributed by atoms with E-state index in [0.717, 1.165) is 25.1 Å². The molecule has 0 bridgehead atoms. The molecule has 1 amide bonds. The number of aromatic hydroxyl groups is 1. The summed E-state index contributed by atoms with van der Waals surface area (Å²) < 4.78 is 109. The lowest BCUT2D eigenvalue weighted by Gasteiger charge is -2.19. The molecule has 0 radical (unpaired) electrons. The van der Waals surface area contributed by atoms with E-state index in [1.807, 2.05) is 0 Å². The summed E-state index contributed by atoms with van der Waals surface area (Å²) in [5, 5.41) is 15.4. The van der Waals surface area contributed by atoms with Gasteiger partial charge in [-0.05, 0) is 43.0 Å². The van der Waals surface area contributed by atoms with Crippen LogP contribution in [0, 0.1) is 0 Å². The molecule has 0 atom stereocenters. The zero-order valence-corrected chi connectivity index (χ0v) is 21.8. The van der Waals surface area contributed by atoms with Crippen LogP contribution in [0.5, 0.6) is 5.75 Å². The van der Waals surface area contributed by atoms with Crippen LogP contribution in [0.2, 0.25) is 0 Å². The zero-order valence-electron chi connectivity index (χ0n) is 21.8. The highest BCUT2D eigenvalue weighted by molar-refractivity contribution is 5.96. The van der Waals surface area contributed by atoms with E-state index in [2.05, 4.69) is 15.4 Å². The minimum atomic E-state index is -6.30. The number of phenols is 1. The molecule has 0 saturated carbocycles.